The Balaban J connectivity index is 1.82. The maximum atomic E-state index is 4.54. The monoisotopic (exact) mass is 241 g/mol. The first-order chi connectivity index (χ1) is 8.79. The minimum Gasteiger partial charge on any atom is -0.356 e. The van der Waals surface area contributed by atoms with Gasteiger partial charge in [-0.25, -0.2) is 4.98 Å². The van der Waals surface area contributed by atoms with Gasteiger partial charge in [-0.05, 0) is 25.8 Å². The molecule has 0 bridgehead atoms. The van der Waals surface area contributed by atoms with Crippen molar-refractivity contribution in [3.63, 3.8) is 0 Å². The van der Waals surface area contributed by atoms with Gasteiger partial charge < -0.3 is 9.88 Å². The molecule has 1 saturated carbocycles. The van der Waals surface area contributed by atoms with Gasteiger partial charge in [-0.1, -0.05) is 30.3 Å². The van der Waals surface area contributed by atoms with Crippen LogP contribution in [0.2, 0.25) is 0 Å². The van der Waals surface area contributed by atoms with Gasteiger partial charge in [0.2, 0.25) is 5.95 Å². The summed E-state index contributed by atoms with van der Waals surface area (Å²) >= 11 is 0. The Kier molecular flexibility index (Phi) is 2.82. The number of imidazole rings is 1. The first-order valence-corrected chi connectivity index (χ1v) is 6.64. The smallest absolute Gasteiger partial charge is 0.203 e. The van der Waals surface area contributed by atoms with Crippen LogP contribution >= 0.6 is 0 Å². The number of anilines is 1. The van der Waals surface area contributed by atoms with Crippen LogP contribution in [0, 0.1) is 6.92 Å². The largest absolute Gasteiger partial charge is 0.356 e. The molecule has 2 atom stereocenters. The van der Waals surface area contributed by atoms with Gasteiger partial charge in [-0.3, -0.25) is 0 Å². The van der Waals surface area contributed by atoms with Crippen molar-refractivity contribution in [1.82, 2.24) is 9.55 Å². The minimum atomic E-state index is 0.572. The minimum absolute atomic E-state index is 0.572. The van der Waals surface area contributed by atoms with Gasteiger partial charge in [0.05, 0.1) is 5.69 Å². The lowest BCUT2D eigenvalue weighted by Gasteiger charge is -2.08. The van der Waals surface area contributed by atoms with Crippen molar-refractivity contribution >= 4 is 5.95 Å². The average molecular weight is 241 g/mol. The Morgan fingerprint density at radius 2 is 2.11 bits per heavy atom. The molecule has 0 spiro atoms. The molecule has 18 heavy (non-hydrogen) atoms. The number of aromatic nitrogens is 2. The predicted molar refractivity (Wildman–Crippen MR) is 74.0 cm³/mol. The van der Waals surface area contributed by atoms with Crippen molar-refractivity contribution in [3.8, 4) is 0 Å². The van der Waals surface area contributed by atoms with Gasteiger partial charge in [0.15, 0.2) is 0 Å². The Hall–Kier alpha value is -1.77. The maximum Gasteiger partial charge on any atom is 0.203 e. The molecule has 3 nitrogen and oxygen atoms in total. The van der Waals surface area contributed by atoms with Crippen molar-refractivity contribution in [2.45, 2.75) is 32.2 Å². The summed E-state index contributed by atoms with van der Waals surface area (Å²) in [6, 6.07) is 11.3. The summed E-state index contributed by atoms with van der Waals surface area (Å²) < 4.78 is 2.30. The molecule has 0 aliphatic heterocycles. The SMILES string of the molecule is CCNc1nc(C)cn1C1CC1c1ccccc1. The molecule has 2 aromatic rings. The molecule has 1 heterocycles. The summed E-state index contributed by atoms with van der Waals surface area (Å²) in [7, 11) is 0. The Bertz CT molecular complexity index is 530. The number of nitrogens with one attached hydrogen (secondary N) is 1. The topological polar surface area (TPSA) is 29.9 Å². The van der Waals surface area contributed by atoms with E-state index < -0.39 is 0 Å². The lowest BCUT2D eigenvalue weighted by atomic mass is 10.1. The maximum absolute atomic E-state index is 4.54. The lowest BCUT2D eigenvalue weighted by molar-refractivity contribution is 0.720. The molecule has 0 amide bonds. The Morgan fingerprint density at radius 1 is 1.33 bits per heavy atom. The fourth-order valence-electron chi connectivity index (χ4n) is 2.61. The Morgan fingerprint density at radius 3 is 2.83 bits per heavy atom. The summed E-state index contributed by atoms with van der Waals surface area (Å²) in [6.45, 7) is 5.08. The molecule has 1 aliphatic rings. The molecule has 2 unspecified atom stereocenters. The van der Waals surface area contributed by atoms with Crippen LogP contribution in [0.5, 0.6) is 0 Å². The summed E-state index contributed by atoms with van der Waals surface area (Å²) in [5.41, 5.74) is 2.53. The van der Waals surface area contributed by atoms with Crippen molar-refractivity contribution in [2.75, 3.05) is 11.9 Å². The molecule has 1 aromatic heterocycles. The van der Waals surface area contributed by atoms with Crippen LogP contribution < -0.4 is 5.32 Å². The molecular formula is C15H19N3. The van der Waals surface area contributed by atoms with E-state index >= 15 is 0 Å². The zero-order chi connectivity index (χ0) is 12.5. The number of benzene rings is 1. The summed E-state index contributed by atoms with van der Waals surface area (Å²) in [5.74, 6) is 1.66. The molecule has 1 N–H and O–H groups in total. The van der Waals surface area contributed by atoms with Crippen LogP contribution in [0.25, 0.3) is 0 Å². The van der Waals surface area contributed by atoms with E-state index in [1.165, 1.54) is 12.0 Å². The third-order valence-corrected chi connectivity index (χ3v) is 3.53. The van der Waals surface area contributed by atoms with Gasteiger partial charge in [-0.15, -0.1) is 0 Å². The second kappa shape index (κ2) is 4.48. The fourth-order valence-corrected chi connectivity index (χ4v) is 2.61. The van der Waals surface area contributed by atoms with Gasteiger partial charge in [0.1, 0.15) is 0 Å². The molecule has 0 saturated heterocycles. The number of rotatable bonds is 4. The van der Waals surface area contributed by atoms with Crippen LogP contribution in [0.4, 0.5) is 5.95 Å². The highest BCUT2D eigenvalue weighted by Crippen LogP contribution is 2.52. The van der Waals surface area contributed by atoms with Gasteiger partial charge in [0.25, 0.3) is 0 Å². The van der Waals surface area contributed by atoms with Gasteiger partial charge in [0, 0.05) is 24.7 Å². The van der Waals surface area contributed by atoms with Crippen molar-refractivity contribution in [1.29, 1.82) is 0 Å². The van der Waals surface area contributed by atoms with E-state index in [4.69, 9.17) is 0 Å². The van der Waals surface area contributed by atoms with E-state index in [1.807, 2.05) is 0 Å². The molecule has 94 valence electrons. The Labute approximate surface area is 108 Å². The first kappa shape index (κ1) is 11.3. The summed E-state index contributed by atoms with van der Waals surface area (Å²) in [4.78, 5) is 4.54. The van der Waals surface area contributed by atoms with Crippen LogP contribution in [0.3, 0.4) is 0 Å². The van der Waals surface area contributed by atoms with Crippen molar-refractivity contribution in [3.05, 3.63) is 47.8 Å². The van der Waals surface area contributed by atoms with Gasteiger partial charge in [-0.2, -0.15) is 0 Å². The van der Waals surface area contributed by atoms with Crippen LogP contribution in [0.1, 0.15) is 36.6 Å². The summed E-state index contributed by atoms with van der Waals surface area (Å²) in [5, 5.41) is 3.34. The quantitative estimate of drug-likeness (QED) is 0.889. The highest BCUT2D eigenvalue weighted by Gasteiger charge is 2.40. The predicted octanol–water partition coefficient (Wildman–Crippen LogP) is 3.35. The molecule has 1 aliphatic carbocycles. The molecule has 1 aromatic carbocycles. The number of hydrogen-bond acceptors (Lipinski definition) is 2. The van der Waals surface area contributed by atoms with Crippen molar-refractivity contribution in [2.24, 2.45) is 0 Å². The lowest BCUT2D eigenvalue weighted by Crippen LogP contribution is -2.05. The van der Waals surface area contributed by atoms with E-state index in [0.717, 1.165) is 18.2 Å². The highest BCUT2D eigenvalue weighted by atomic mass is 15.2. The normalized spacial score (nSPS) is 21.9. The second-order valence-corrected chi connectivity index (χ2v) is 4.96. The highest BCUT2D eigenvalue weighted by molar-refractivity contribution is 5.34. The third kappa shape index (κ3) is 2.01. The van der Waals surface area contributed by atoms with Crippen LogP contribution in [-0.2, 0) is 0 Å². The first-order valence-electron chi connectivity index (χ1n) is 6.64. The third-order valence-electron chi connectivity index (χ3n) is 3.53. The average Bonchev–Trinajstić information content (AvgIpc) is 3.10. The molecular weight excluding hydrogens is 222 g/mol. The molecule has 0 radical (unpaired) electrons. The van der Waals surface area contributed by atoms with E-state index in [9.17, 15) is 0 Å². The molecule has 1 fully saturated rings. The van der Waals surface area contributed by atoms with Crippen LogP contribution in [-0.4, -0.2) is 16.1 Å². The zero-order valence-electron chi connectivity index (χ0n) is 10.9. The molecule has 3 rings (SSSR count). The molecule has 3 heteroatoms. The number of aryl methyl sites for hydroxylation is 1. The van der Waals surface area contributed by atoms with Crippen LogP contribution in [0.15, 0.2) is 36.5 Å². The van der Waals surface area contributed by atoms with E-state index in [2.05, 4.69) is 65.2 Å². The van der Waals surface area contributed by atoms with E-state index in [1.54, 1.807) is 0 Å². The van der Waals surface area contributed by atoms with E-state index in [-0.39, 0.29) is 0 Å². The van der Waals surface area contributed by atoms with E-state index in [0.29, 0.717) is 12.0 Å². The second-order valence-electron chi connectivity index (χ2n) is 4.96. The number of hydrogen-bond donors (Lipinski definition) is 1. The summed E-state index contributed by atoms with van der Waals surface area (Å²) in [6.07, 6.45) is 3.38. The number of nitrogens with zero attached hydrogens (tertiary/aromatic N) is 2. The van der Waals surface area contributed by atoms with Gasteiger partial charge >= 0.3 is 0 Å². The zero-order valence-corrected chi connectivity index (χ0v) is 10.9. The fraction of sp³-hybridized carbons (Fsp3) is 0.400. The van der Waals surface area contributed by atoms with Crippen molar-refractivity contribution < 1.29 is 0 Å². The standard InChI is InChI=1S/C15H19N3/c1-3-16-15-17-11(2)10-18(15)14-9-13(14)12-7-5-4-6-8-12/h4-8,10,13-14H,3,9H2,1-2H3,(H,16,17).